The topological polar surface area (TPSA) is 91.8 Å². The third kappa shape index (κ3) is 4.66. The molecule has 0 radical (unpaired) electrons. The average molecular weight is 352 g/mol. The average Bonchev–Trinajstić information content (AvgIpc) is 2.64. The monoisotopic (exact) mass is 352 g/mol. The minimum absolute atomic E-state index is 0.0123. The molecule has 0 bridgehead atoms. The van der Waals surface area contributed by atoms with Gasteiger partial charge in [-0.15, -0.1) is 0 Å². The second-order valence-electron chi connectivity index (χ2n) is 6.16. The van der Waals surface area contributed by atoms with Crippen molar-refractivity contribution in [3.05, 3.63) is 0 Å². The second-order valence-corrected chi connectivity index (χ2v) is 10.3. The second kappa shape index (κ2) is 6.84. The number of sulfonamides is 1. The van der Waals surface area contributed by atoms with Crippen LogP contribution in [0.25, 0.3) is 0 Å². The van der Waals surface area contributed by atoms with Gasteiger partial charge in [0.15, 0.2) is 9.84 Å². The van der Waals surface area contributed by atoms with Crippen LogP contribution in [0.2, 0.25) is 0 Å². The fourth-order valence-electron chi connectivity index (χ4n) is 3.07. The van der Waals surface area contributed by atoms with E-state index in [0.29, 0.717) is 13.1 Å². The Morgan fingerprint density at radius 1 is 1.18 bits per heavy atom. The van der Waals surface area contributed by atoms with Crippen molar-refractivity contribution in [1.29, 1.82) is 0 Å². The zero-order valence-corrected chi connectivity index (χ0v) is 14.5. The van der Waals surface area contributed by atoms with Crippen LogP contribution in [0, 0.1) is 0 Å². The molecule has 128 valence electrons. The molecule has 0 aliphatic carbocycles. The van der Waals surface area contributed by atoms with Crippen molar-refractivity contribution in [2.45, 2.75) is 38.1 Å². The zero-order valence-electron chi connectivity index (χ0n) is 12.9. The number of amides is 1. The Labute approximate surface area is 132 Å². The maximum atomic E-state index is 12.4. The van der Waals surface area contributed by atoms with Crippen LogP contribution in [0.5, 0.6) is 0 Å². The van der Waals surface area contributed by atoms with Gasteiger partial charge in [-0.1, -0.05) is 12.8 Å². The molecule has 0 aromatic carbocycles. The Bertz CT molecular complexity index is 606. The van der Waals surface area contributed by atoms with Gasteiger partial charge in [-0.2, -0.15) is 4.31 Å². The van der Waals surface area contributed by atoms with E-state index >= 15 is 0 Å². The van der Waals surface area contributed by atoms with Crippen molar-refractivity contribution < 1.29 is 21.6 Å². The number of hydrogen-bond donors (Lipinski definition) is 0. The first-order valence-electron chi connectivity index (χ1n) is 7.64. The molecule has 0 N–H and O–H groups in total. The zero-order chi connectivity index (χ0) is 16.4. The molecule has 22 heavy (non-hydrogen) atoms. The molecule has 1 unspecified atom stereocenters. The summed E-state index contributed by atoms with van der Waals surface area (Å²) < 4.78 is 48.2. The summed E-state index contributed by atoms with van der Waals surface area (Å²) in [4.78, 5) is 14.1. The van der Waals surface area contributed by atoms with Gasteiger partial charge in [0.2, 0.25) is 15.9 Å². The van der Waals surface area contributed by atoms with Crippen LogP contribution < -0.4 is 0 Å². The summed E-state index contributed by atoms with van der Waals surface area (Å²) in [5.41, 5.74) is 0. The Kier molecular flexibility index (Phi) is 5.50. The molecule has 2 saturated heterocycles. The van der Waals surface area contributed by atoms with Crippen molar-refractivity contribution in [2.75, 3.05) is 37.4 Å². The molecule has 9 heteroatoms. The third-order valence-electron chi connectivity index (χ3n) is 4.29. The van der Waals surface area contributed by atoms with Crippen LogP contribution >= 0.6 is 0 Å². The predicted molar refractivity (Wildman–Crippen MR) is 83.7 cm³/mol. The molecule has 1 amide bonds. The number of carbonyl (C=O) groups excluding carboxylic acids is 1. The van der Waals surface area contributed by atoms with Gasteiger partial charge in [0, 0.05) is 19.1 Å². The smallest absolute Gasteiger partial charge is 0.237 e. The highest BCUT2D eigenvalue weighted by Gasteiger charge is 2.38. The first kappa shape index (κ1) is 17.7. The van der Waals surface area contributed by atoms with E-state index < -0.39 is 25.9 Å². The first-order valence-corrected chi connectivity index (χ1v) is 11.3. The molecule has 0 aromatic heterocycles. The van der Waals surface area contributed by atoms with Gasteiger partial charge in [0.25, 0.3) is 0 Å². The molecule has 2 rings (SSSR count). The lowest BCUT2D eigenvalue weighted by atomic mass is 10.2. The molecule has 2 aliphatic heterocycles. The Balaban J connectivity index is 2.08. The third-order valence-corrected chi connectivity index (χ3v) is 7.32. The van der Waals surface area contributed by atoms with E-state index in [-0.39, 0.29) is 30.4 Å². The van der Waals surface area contributed by atoms with Crippen LogP contribution in [-0.2, 0) is 24.7 Å². The lowest BCUT2D eigenvalue weighted by molar-refractivity contribution is -0.131. The fraction of sp³-hybridized carbons (Fsp3) is 0.923. The van der Waals surface area contributed by atoms with Gasteiger partial charge in [-0.05, 0) is 19.3 Å². The van der Waals surface area contributed by atoms with Gasteiger partial charge in [0.05, 0.1) is 24.3 Å². The van der Waals surface area contributed by atoms with Crippen molar-refractivity contribution in [3.63, 3.8) is 0 Å². The van der Waals surface area contributed by atoms with Gasteiger partial charge in [-0.25, -0.2) is 16.8 Å². The minimum atomic E-state index is -3.62. The molecule has 2 fully saturated rings. The van der Waals surface area contributed by atoms with Crippen molar-refractivity contribution in [3.8, 4) is 0 Å². The maximum absolute atomic E-state index is 12.4. The predicted octanol–water partition coefficient (Wildman–Crippen LogP) is -0.162. The number of hydrogen-bond acceptors (Lipinski definition) is 5. The van der Waals surface area contributed by atoms with Crippen LogP contribution in [0.15, 0.2) is 0 Å². The summed E-state index contributed by atoms with van der Waals surface area (Å²) in [5.74, 6) is -0.425. The van der Waals surface area contributed by atoms with E-state index in [1.54, 1.807) is 4.90 Å². The highest BCUT2D eigenvalue weighted by molar-refractivity contribution is 7.92. The highest BCUT2D eigenvalue weighted by Crippen LogP contribution is 2.20. The van der Waals surface area contributed by atoms with Gasteiger partial charge < -0.3 is 4.90 Å². The summed E-state index contributed by atoms with van der Waals surface area (Å²) >= 11 is 0. The molecule has 7 nitrogen and oxygen atoms in total. The largest absolute Gasteiger partial charge is 0.342 e. The van der Waals surface area contributed by atoms with E-state index in [9.17, 15) is 21.6 Å². The van der Waals surface area contributed by atoms with E-state index in [1.165, 1.54) is 0 Å². The van der Waals surface area contributed by atoms with Gasteiger partial charge in [-0.3, -0.25) is 4.79 Å². The highest BCUT2D eigenvalue weighted by atomic mass is 32.2. The summed E-state index contributed by atoms with van der Waals surface area (Å²) in [7, 11) is -6.82. The van der Waals surface area contributed by atoms with Crippen molar-refractivity contribution in [1.82, 2.24) is 9.21 Å². The molecule has 2 aliphatic rings. The molecule has 0 spiro atoms. The van der Waals surface area contributed by atoms with E-state index in [0.717, 1.165) is 36.2 Å². The summed E-state index contributed by atoms with van der Waals surface area (Å²) in [5, 5.41) is 0. The number of rotatable bonds is 4. The fourth-order valence-corrected chi connectivity index (χ4v) is 5.96. The van der Waals surface area contributed by atoms with Crippen molar-refractivity contribution in [2.24, 2.45) is 0 Å². The molecule has 2 heterocycles. The Hall–Kier alpha value is -0.670. The lowest BCUT2D eigenvalue weighted by Gasteiger charge is -2.28. The van der Waals surface area contributed by atoms with Crippen molar-refractivity contribution >= 4 is 25.8 Å². The molecular weight excluding hydrogens is 328 g/mol. The molecule has 1 atom stereocenters. The van der Waals surface area contributed by atoms with Crippen LogP contribution in [-0.4, -0.2) is 75.4 Å². The first-order chi connectivity index (χ1) is 10.2. The number of likely N-dealkylation sites (tertiary alicyclic amines) is 1. The summed E-state index contributed by atoms with van der Waals surface area (Å²) in [6.07, 6.45) is 5.34. The number of sulfone groups is 1. The Morgan fingerprint density at radius 3 is 2.23 bits per heavy atom. The summed E-state index contributed by atoms with van der Waals surface area (Å²) in [6.45, 7) is 1.05. The van der Waals surface area contributed by atoms with E-state index in [1.807, 2.05) is 0 Å². The quantitative estimate of drug-likeness (QED) is 0.701. The van der Waals surface area contributed by atoms with Gasteiger partial charge in [0.1, 0.15) is 0 Å². The van der Waals surface area contributed by atoms with Crippen LogP contribution in [0.3, 0.4) is 0 Å². The van der Waals surface area contributed by atoms with Gasteiger partial charge >= 0.3 is 0 Å². The van der Waals surface area contributed by atoms with E-state index in [4.69, 9.17) is 0 Å². The Morgan fingerprint density at radius 2 is 1.77 bits per heavy atom. The van der Waals surface area contributed by atoms with E-state index in [2.05, 4.69) is 0 Å². The maximum Gasteiger partial charge on any atom is 0.237 e. The summed E-state index contributed by atoms with van der Waals surface area (Å²) in [6, 6.07) is -0.615. The normalized spacial score (nSPS) is 26.1. The lowest BCUT2D eigenvalue weighted by Crippen LogP contribution is -2.47. The number of nitrogens with zero attached hydrogens (tertiary/aromatic N) is 2. The van der Waals surface area contributed by atoms with Crippen LogP contribution in [0.1, 0.15) is 32.1 Å². The van der Waals surface area contributed by atoms with Crippen LogP contribution in [0.4, 0.5) is 0 Å². The SMILES string of the molecule is CS(=O)(=O)N(CC(=O)N1CCCCCC1)C1CCS(=O)(=O)C1. The molecule has 0 aromatic rings. The molecular formula is C13H24N2O5S2. The molecule has 0 saturated carbocycles. The minimum Gasteiger partial charge on any atom is -0.342 e. The standard InChI is InChI=1S/C13H24N2O5S2/c1-21(17,18)15(12-6-9-22(19,20)11-12)10-13(16)14-7-4-2-3-5-8-14/h12H,2-11H2,1H3. The number of carbonyl (C=O) groups is 1.